The Hall–Kier alpha value is -1.93. The predicted octanol–water partition coefficient (Wildman–Crippen LogP) is 4.66. The molecule has 1 rings (SSSR count). The number of hydrogen-bond acceptors (Lipinski definition) is 4. The molecule has 0 N–H and O–H groups in total. The van der Waals surface area contributed by atoms with Crippen molar-refractivity contribution in [2.24, 2.45) is 16.8 Å². The SMILES string of the molecule is CC(C)CCC[C@H](C)CCOC(=O)c1ccc(N=C=O)cc1. The zero-order valence-corrected chi connectivity index (χ0v) is 13.7. The van der Waals surface area contributed by atoms with Crippen molar-refractivity contribution >= 4 is 17.7 Å². The van der Waals surface area contributed by atoms with E-state index < -0.39 is 0 Å². The molecule has 0 heterocycles. The van der Waals surface area contributed by atoms with Gasteiger partial charge in [0.1, 0.15) is 0 Å². The van der Waals surface area contributed by atoms with Gasteiger partial charge in [0.05, 0.1) is 17.9 Å². The molecule has 0 aliphatic carbocycles. The van der Waals surface area contributed by atoms with E-state index >= 15 is 0 Å². The lowest BCUT2D eigenvalue weighted by atomic mass is 9.98. The Labute approximate surface area is 132 Å². The van der Waals surface area contributed by atoms with Crippen molar-refractivity contribution in [2.75, 3.05) is 6.61 Å². The zero-order chi connectivity index (χ0) is 16.4. The highest BCUT2D eigenvalue weighted by atomic mass is 16.5. The number of rotatable bonds is 9. The van der Waals surface area contributed by atoms with Crippen molar-refractivity contribution in [1.29, 1.82) is 0 Å². The summed E-state index contributed by atoms with van der Waals surface area (Å²) in [5.74, 6) is 0.975. The average Bonchev–Trinajstić information content (AvgIpc) is 2.48. The van der Waals surface area contributed by atoms with E-state index in [1.165, 1.54) is 25.3 Å². The van der Waals surface area contributed by atoms with E-state index in [-0.39, 0.29) is 5.97 Å². The van der Waals surface area contributed by atoms with Crippen LogP contribution >= 0.6 is 0 Å². The van der Waals surface area contributed by atoms with Gasteiger partial charge in [-0.25, -0.2) is 9.59 Å². The monoisotopic (exact) mass is 303 g/mol. The number of aliphatic imine (C=N–C) groups is 1. The summed E-state index contributed by atoms with van der Waals surface area (Å²) in [5, 5.41) is 0. The third-order valence-electron chi connectivity index (χ3n) is 3.60. The Balaban J connectivity index is 2.29. The van der Waals surface area contributed by atoms with Gasteiger partial charge in [-0.1, -0.05) is 40.0 Å². The Morgan fingerprint density at radius 2 is 1.82 bits per heavy atom. The third-order valence-corrected chi connectivity index (χ3v) is 3.60. The van der Waals surface area contributed by atoms with E-state index in [4.69, 9.17) is 4.74 Å². The maximum atomic E-state index is 11.9. The third kappa shape index (κ3) is 7.19. The summed E-state index contributed by atoms with van der Waals surface area (Å²) in [4.78, 5) is 25.5. The summed E-state index contributed by atoms with van der Waals surface area (Å²) in [5.41, 5.74) is 0.947. The van der Waals surface area contributed by atoms with Gasteiger partial charge in [-0.3, -0.25) is 0 Å². The van der Waals surface area contributed by atoms with Crippen LogP contribution in [0.25, 0.3) is 0 Å². The lowest BCUT2D eigenvalue weighted by Crippen LogP contribution is -2.09. The van der Waals surface area contributed by atoms with Crippen LogP contribution in [0, 0.1) is 11.8 Å². The number of ether oxygens (including phenoxy) is 1. The topological polar surface area (TPSA) is 55.7 Å². The predicted molar refractivity (Wildman–Crippen MR) is 87.0 cm³/mol. The molecular formula is C18H25NO3. The summed E-state index contributed by atoms with van der Waals surface area (Å²) in [6.07, 6.45) is 6.00. The van der Waals surface area contributed by atoms with Gasteiger partial charge in [-0.2, -0.15) is 4.99 Å². The van der Waals surface area contributed by atoms with E-state index in [2.05, 4.69) is 25.8 Å². The normalized spacial score (nSPS) is 11.8. The fraction of sp³-hybridized carbons (Fsp3) is 0.556. The number of hydrogen-bond donors (Lipinski definition) is 0. The highest BCUT2D eigenvalue weighted by Crippen LogP contribution is 2.16. The number of nitrogens with zero attached hydrogens (tertiary/aromatic N) is 1. The second kappa shape index (κ2) is 9.91. The van der Waals surface area contributed by atoms with Gasteiger partial charge in [-0.05, 0) is 42.5 Å². The second-order valence-electron chi connectivity index (χ2n) is 6.10. The summed E-state index contributed by atoms with van der Waals surface area (Å²) >= 11 is 0. The highest BCUT2D eigenvalue weighted by Gasteiger charge is 2.09. The Morgan fingerprint density at radius 1 is 1.14 bits per heavy atom. The number of isocyanates is 1. The van der Waals surface area contributed by atoms with Gasteiger partial charge in [-0.15, -0.1) is 0 Å². The maximum Gasteiger partial charge on any atom is 0.338 e. The zero-order valence-electron chi connectivity index (χ0n) is 13.7. The maximum absolute atomic E-state index is 11.9. The lowest BCUT2D eigenvalue weighted by molar-refractivity contribution is 0.0483. The van der Waals surface area contributed by atoms with E-state index in [1.807, 2.05) is 0 Å². The first-order valence-electron chi connectivity index (χ1n) is 7.88. The van der Waals surface area contributed by atoms with E-state index in [0.29, 0.717) is 23.8 Å². The quantitative estimate of drug-likeness (QED) is 0.378. The summed E-state index contributed by atoms with van der Waals surface area (Å²) in [6.45, 7) is 7.10. The minimum Gasteiger partial charge on any atom is -0.462 e. The smallest absolute Gasteiger partial charge is 0.338 e. The molecule has 0 aliphatic heterocycles. The molecule has 1 aromatic rings. The van der Waals surface area contributed by atoms with Crippen molar-refractivity contribution in [3.05, 3.63) is 29.8 Å². The molecule has 4 heteroatoms. The Bertz CT molecular complexity index is 502. The molecule has 0 spiro atoms. The minimum atomic E-state index is -0.337. The van der Waals surface area contributed by atoms with Gasteiger partial charge in [0.25, 0.3) is 0 Å². The van der Waals surface area contributed by atoms with Crippen molar-refractivity contribution < 1.29 is 14.3 Å². The molecule has 0 aromatic heterocycles. The van der Waals surface area contributed by atoms with Gasteiger partial charge in [0.2, 0.25) is 6.08 Å². The molecule has 4 nitrogen and oxygen atoms in total. The molecular weight excluding hydrogens is 278 g/mol. The van der Waals surface area contributed by atoms with Crippen LogP contribution in [0.5, 0.6) is 0 Å². The molecule has 0 fully saturated rings. The van der Waals surface area contributed by atoms with Gasteiger partial charge in [0.15, 0.2) is 0 Å². The summed E-state index contributed by atoms with van der Waals surface area (Å²) in [7, 11) is 0. The molecule has 0 aliphatic rings. The molecule has 1 atom stereocenters. The van der Waals surface area contributed by atoms with Gasteiger partial charge < -0.3 is 4.74 Å². The van der Waals surface area contributed by atoms with Crippen LogP contribution in [0.1, 0.15) is 56.8 Å². The number of carbonyl (C=O) groups is 1. The molecule has 0 bridgehead atoms. The van der Waals surface area contributed by atoms with Crippen LogP contribution in [-0.4, -0.2) is 18.7 Å². The Kier molecular flexibility index (Phi) is 8.16. The molecule has 1 aromatic carbocycles. The van der Waals surface area contributed by atoms with Crippen molar-refractivity contribution in [2.45, 2.75) is 46.5 Å². The standard InChI is InChI=1S/C18H25NO3/c1-14(2)5-4-6-15(3)11-12-22-18(21)16-7-9-17(10-8-16)19-13-20/h7-10,14-15H,4-6,11-12H2,1-3H3/t15-/m0/s1. The number of benzene rings is 1. The summed E-state index contributed by atoms with van der Waals surface area (Å²) < 4.78 is 5.28. The van der Waals surface area contributed by atoms with Gasteiger partial charge >= 0.3 is 5.97 Å². The van der Waals surface area contributed by atoms with Crippen LogP contribution in [0.3, 0.4) is 0 Å². The van der Waals surface area contributed by atoms with E-state index in [9.17, 15) is 9.59 Å². The van der Waals surface area contributed by atoms with Gasteiger partial charge in [0, 0.05) is 0 Å². The number of esters is 1. The van der Waals surface area contributed by atoms with Crippen molar-refractivity contribution in [3.8, 4) is 0 Å². The van der Waals surface area contributed by atoms with Crippen LogP contribution in [0.4, 0.5) is 5.69 Å². The largest absolute Gasteiger partial charge is 0.462 e. The molecule has 0 radical (unpaired) electrons. The van der Waals surface area contributed by atoms with Crippen LogP contribution < -0.4 is 0 Å². The first-order chi connectivity index (χ1) is 10.5. The molecule has 22 heavy (non-hydrogen) atoms. The fourth-order valence-corrected chi connectivity index (χ4v) is 2.18. The average molecular weight is 303 g/mol. The molecule has 0 saturated heterocycles. The molecule has 0 amide bonds. The van der Waals surface area contributed by atoms with Crippen molar-refractivity contribution in [3.63, 3.8) is 0 Å². The molecule has 0 unspecified atom stereocenters. The van der Waals surface area contributed by atoms with Crippen molar-refractivity contribution in [1.82, 2.24) is 0 Å². The highest BCUT2D eigenvalue weighted by molar-refractivity contribution is 5.89. The fourth-order valence-electron chi connectivity index (χ4n) is 2.18. The first-order valence-corrected chi connectivity index (χ1v) is 7.88. The van der Waals surface area contributed by atoms with E-state index in [1.54, 1.807) is 24.3 Å². The number of carbonyl (C=O) groups excluding carboxylic acids is 2. The minimum absolute atomic E-state index is 0.337. The second-order valence-corrected chi connectivity index (χ2v) is 6.10. The molecule has 0 saturated carbocycles. The summed E-state index contributed by atoms with van der Waals surface area (Å²) in [6, 6.07) is 6.39. The molecule has 120 valence electrons. The first kappa shape index (κ1) is 18.1. The van der Waals surface area contributed by atoms with Crippen LogP contribution in [0.15, 0.2) is 29.3 Å². The van der Waals surface area contributed by atoms with E-state index in [0.717, 1.165) is 12.3 Å². The van der Waals surface area contributed by atoms with Crippen LogP contribution in [0.2, 0.25) is 0 Å². The van der Waals surface area contributed by atoms with Crippen LogP contribution in [-0.2, 0) is 9.53 Å². The Morgan fingerprint density at radius 3 is 2.41 bits per heavy atom. The lowest BCUT2D eigenvalue weighted by Gasteiger charge is -2.12.